The van der Waals surface area contributed by atoms with Crippen LogP contribution in [0.5, 0.6) is 0 Å². The van der Waals surface area contributed by atoms with Crippen LogP contribution in [0, 0.1) is 0 Å². The number of hydrogen-bond acceptors (Lipinski definition) is 28. The third kappa shape index (κ3) is 19.4. The molecule has 12 N–H and O–H groups in total. The second-order valence-electron chi connectivity index (χ2n) is 26.8. The fraction of sp³-hybridized carbons (Fsp3) is 0.423. The van der Waals surface area contributed by atoms with Gasteiger partial charge in [0.05, 0.1) is 64.7 Å². The molecule has 108 heavy (non-hydrogen) atoms. The largest absolute Gasteiger partial charge is 0.364 e. The molecule has 3 aliphatic heterocycles. The predicted molar refractivity (Wildman–Crippen MR) is 411 cm³/mol. The maximum absolute atomic E-state index is 12.9. The molecule has 3 fully saturated rings. The summed E-state index contributed by atoms with van der Waals surface area (Å²) in [6, 6.07) is 10.4. The van der Waals surface area contributed by atoms with Crippen LogP contribution in [0.25, 0.3) is 0 Å². The molecule has 0 radical (unpaired) electrons. The smallest absolute Gasteiger partial charge is 0.273 e. The van der Waals surface area contributed by atoms with Crippen molar-refractivity contribution in [1.29, 1.82) is 0 Å². The lowest BCUT2D eigenvalue weighted by Gasteiger charge is -2.40. The molecule has 6 atom stereocenters. The Morgan fingerprint density at radius 2 is 0.833 bits per heavy atom. The van der Waals surface area contributed by atoms with Crippen LogP contribution < -0.4 is 78.5 Å². The summed E-state index contributed by atoms with van der Waals surface area (Å²) in [7, 11) is 11.4. The third-order valence-electron chi connectivity index (χ3n) is 18.6. The van der Waals surface area contributed by atoms with Crippen molar-refractivity contribution in [2.45, 2.75) is 136 Å². The molecule has 12 rings (SSSR count). The van der Waals surface area contributed by atoms with Crippen molar-refractivity contribution in [3.63, 3.8) is 0 Å². The number of nitrogens with one attached hydrogen (secondary N) is 6. The van der Waals surface area contributed by atoms with Crippen molar-refractivity contribution in [2.75, 3.05) is 107 Å². The van der Waals surface area contributed by atoms with Crippen LogP contribution >= 0.6 is 0 Å². The zero-order valence-electron chi connectivity index (χ0n) is 62.8. The third-order valence-corrected chi connectivity index (χ3v) is 18.6. The van der Waals surface area contributed by atoms with Gasteiger partial charge in [-0.15, -0.1) is 10.2 Å². The van der Waals surface area contributed by atoms with Crippen LogP contribution in [0.3, 0.4) is 0 Å². The highest BCUT2D eigenvalue weighted by Gasteiger charge is 2.35. The Morgan fingerprint density at radius 1 is 0.444 bits per heavy atom. The van der Waals surface area contributed by atoms with Crippen LogP contribution in [0.1, 0.15) is 143 Å². The van der Waals surface area contributed by atoms with E-state index in [1.54, 1.807) is 88.0 Å². The lowest BCUT2D eigenvalue weighted by molar-refractivity contribution is 0.0916. The van der Waals surface area contributed by atoms with E-state index in [0.29, 0.717) is 84.1 Å². The lowest BCUT2D eigenvalue weighted by Crippen LogP contribution is -2.54. The number of amides is 6. The Labute approximate surface area is 625 Å². The van der Waals surface area contributed by atoms with Gasteiger partial charge in [-0.1, -0.05) is 0 Å². The van der Waals surface area contributed by atoms with Gasteiger partial charge in [0.2, 0.25) is 5.95 Å². The summed E-state index contributed by atoms with van der Waals surface area (Å²) < 4.78 is 5.26. The van der Waals surface area contributed by atoms with Crippen molar-refractivity contribution in [3.8, 4) is 0 Å². The zero-order valence-corrected chi connectivity index (χ0v) is 62.8. The number of pyridine rings is 3. The van der Waals surface area contributed by atoms with Gasteiger partial charge >= 0.3 is 0 Å². The minimum atomic E-state index is -0.738. The van der Waals surface area contributed by atoms with Gasteiger partial charge in [0.1, 0.15) is 29.1 Å². The van der Waals surface area contributed by atoms with Crippen LogP contribution in [-0.2, 0) is 19.6 Å². The molecule has 37 nitrogen and oxygen atoms in total. The Balaban J connectivity index is 0.000000173. The minimum absolute atomic E-state index is 0.0474. The summed E-state index contributed by atoms with van der Waals surface area (Å²) in [5.74, 6) is 1.99. The molecule has 0 unspecified atom stereocenters. The van der Waals surface area contributed by atoms with Gasteiger partial charge in [0, 0.05) is 155 Å². The molecule has 0 aromatic carbocycles. The second kappa shape index (κ2) is 35.4. The molecule has 12 heterocycles. The Hall–Kier alpha value is -12.7. The fourth-order valence-corrected chi connectivity index (χ4v) is 12.4. The molecule has 0 bridgehead atoms. The number of anilines is 12. The summed E-state index contributed by atoms with van der Waals surface area (Å²) in [5.41, 5.74) is 20.1. The first-order valence-corrected chi connectivity index (χ1v) is 35.7. The predicted octanol–water partition coefficient (Wildman–Crippen LogP) is 4.75. The quantitative estimate of drug-likeness (QED) is 0.0394. The van der Waals surface area contributed by atoms with E-state index in [1.165, 1.54) is 0 Å². The summed E-state index contributed by atoms with van der Waals surface area (Å²) in [6.45, 7) is 16.2. The number of aromatic nitrogens is 16. The molecule has 37 heteroatoms. The number of hydrogen-bond donors (Lipinski definition) is 9. The summed E-state index contributed by atoms with van der Waals surface area (Å²) >= 11 is 0. The number of aryl methyl sites for hydroxylation is 3. The first-order chi connectivity index (χ1) is 51.8. The number of rotatable bonds is 24. The molecular weight excluding hydrogens is 1380 g/mol. The van der Waals surface area contributed by atoms with Gasteiger partial charge in [0.25, 0.3) is 35.4 Å². The van der Waals surface area contributed by atoms with Gasteiger partial charge in [-0.2, -0.15) is 20.3 Å². The number of carbonyl (C=O) groups is 6. The van der Waals surface area contributed by atoms with E-state index in [2.05, 4.69) is 114 Å². The van der Waals surface area contributed by atoms with E-state index in [-0.39, 0.29) is 88.5 Å². The van der Waals surface area contributed by atoms with Gasteiger partial charge in [-0.25, -0.2) is 34.9 Å². The molecule has 9 aromatic rings. The molecule has 6 amide bonds. The van der Waals surface area contributed by atoms with Gasteiger partial charge in [-0.3, -0.25) is 42.8 Å². The van der Waals surface area contributed by atoms with Gasteiger partial charge < -0.3 is 78.5 Å². The van der Waals surface area contributed by atoms with Gasteiger partial charge in [0.15, 0.2) is 34.5 Å². The highest BCUT2D eigenvalue weighted by Crippen LogP contribution is 2.31. The first kappa shape index (κ1) is 77.9. The normalized spacial score (nSPS) is 17.5. The molecule has 0 saturated carbocycles. The Kier molecular flexibility index (Phi) is 25.5. The maximum atomic E-state index is 12.9. The topological polar surface area (TPSA) is 454 Å². The SMILES string of the molecule is CCn1cc(Nc2nc(N3CCC[C@@H](NC(=O)c4ccc(N(C)C)nc4)[C@H]3C)cnc2C(N)=O)cn1.CCn1cc(Nc2nc(N3CCC[C@@H](NC(=O)c4ccc(N(C)C)nc4)[C@H]3C)nnc2C(N)=O)cn1.CCn1cc(Nc2nc(N3C[C@H](NC(=O)c4ccc(N(C)C)nc4)CC[C@@H]3C)cnc2C(N)=O)cn1. The van der Waals surface area contributed by atoms with E-state index in [0.717, 1.165) is 62.5 Å². The monoisotopic (exact) mass is 1480 g/mol. The molecule has 3 aliphatic rings. The van der Waals surface area contributed by atoms with Crippen molar-refractivity contribution >= 4 is 105 Å². The highest BCUT2D eigenvalue weighted by molar-refractivity contribution is 5.99. The molecule has 0 aliphatic carbocycles. The zero-order chi connectivity index (χ0) is 77.5. The molecular formula is C71H95N31O6. The molecule has 0 spiro atoms. The van der Waals surface area contributed by atoms with E-state index in [1.807, 2.05) is 127 Å². The van der Waals surface area contributed by atoms with Crippen molar-refractivity contribution in [2.24, 2.45) is 17.2 Å². The Morgan fingerprint density at radius 3 is 1.21 bits per heavy atom. The van der Waals surface area contributed by atoms with Crippen LogP contribution in [-0.4, -0.2) is 213 Å². The van der Waals surface area contributed by atoms with Crippen LogP contribution in [0.15, 0.2) is 105 Å². The number of piperidine rings is 3. The molecule has 570 valence electrons. The second-order valence-corrected chi connectivity index (χ2v) is 26.8. The summed E-state index contributed by atoms with van der Waals surface area (Å²) in [6.07, 6.45) is 23.2. The van der Waals surface area contributed by atoms with Crippen LogP contribution in [0.4, 0.5) is 69.6 Å². The van der Waals surface area contributed by atoms with Gasteiger partial charge in [-0.05, 0) is 116 Å². The summed E-state index contributed by atoms with van der Waals surface area (Å²) in [4.78, 5) is 122. The van der Waals surface area contributed by atoms with Crippen LogP contribution in [0.2, 0.25) is 0 Å². The number of nitrogens with two attached hydrogens (primary N) is 3. The van der Waals surface area contributed by atoms with Crippen molar-refractivity contribution in [1.82, 2.24) is 95.4 Å². The number of primary amides is 3. The average Bonchev–Trinajstić information content (AvgIpc) is 0.988. The standard InChI is InChI=1S/2C24H32N10O2.C23H31N11O2/c1-5-33-13-18(11-28-33)29-23-21(22(25)35)27-12-20(31-23)34-14-17(8-6-15(34)2)30-24(36)16-7-9-19(26-10-16)32(3)4;1-5-33-14-17(12-28-33)29-23-21(22(25)35)27-13-20(31-23)34-10-6-7-18(15(34)2)30-24(36)16-8-9-19(26-11-16)32(3)4;1-5-33-13-16(12-26-33)27-21-19(20(24)35)30-31-23(29-21)34-10-6-7-17(14(34)2)28-22(36)15-8-9-18(25-11-15)32(3)4/h7,9-13,15,17H,5-6,8,14H2,1-4H3,(H2,25,35)(H,29,31)(H,30,36);8-9,11-15,18H,5-7,10H2,1-4H3,(H2,25,35)(H,29,31)(H,30,36);8-9,11-14,17H,5-7,10H2,1-4H3,(H2,24,35)(H,28,36)(H,27,29,31)/t15-,17+;15-,18-;14-,17-/m011/s1. The highest BCUT2D eigenvalue weighted by atomic mass is 16.2. The summed E-state index contributed by atoms with van der Waals surface area (Å²) in [5, 5.41) is 39.6. The Bertz CT molecular complexity index is 4250. The number of nitrogens with zero attached hydrogens (tertiary/aromatic N) is 22. The van der Waals surface area contributed by atoms with E-state index < -0.39 is 17.7 Å². The minimum Gasteiger partial charge on any atom is -0.364 e. The number of carbonyl (C=O) groups excluding carboxylic acids is 6. The molecule has 3 saturated heterocycles. The maximum Gasteiger partial charge on any atom is 0.273 e. The van der Waals surface area contributed by atoms with E-state index >= 15 is 0 Å². The first-order valence-electron chi connectivity index (χ1n) is 35.7. The molecule has 9 aromatic heterocycles. The van der Waals surface area contributed by atoms with E-state index in [4.69, 9.17) is 17.2 Å². The fourth-order valence-electron chi connectivity index (χ4n) is 12.4. The average molecular weight is 1480 g/mol. The van der Waals surface area contributed by atoms with E-state index in [9.17, 15) is 28.8 Å². The lowest BCUT2D eigenvalue weighted by atomic mass is 9.97. The van der Waals surface area contributed by atoms with Crippen molar-refractivity contribution in [3.05, 3.63) is 138 Å². The van der Waals surface area contributed by atoms with Crippen molar-refractivity contribution < 1.29 is 28.8 Å².